The monoisotopic (exact) mass is 312 g/mol. The number of piperidine rings is 1. The van der Waals surface area contributed by atoms with Crippen molar-refractivity contribution in [2.75, 3.05) is 26.2 Å². The van der Waals surface area contributed by atoms with Crippen molar-refractivity contribution in [3.05, 3.63) is 11.4 Å². The fourth-order valence-electron chi connectivity index (χ4n) is 3.56. The zero-order valence-corrected chi connectivity index (χ0v) is 13.6. The van der Waals surface area contributed by atoms with Crippen molar-refractivity contribution >= 4 is 10.0 Å². The average Bonchev–Trinajstić information content (AvgIpc) is 3.08. The minimum atomic E-state index is -3.42. The van der Waals surface area contributed by atoms with E-state index in [0.29, 0.717) is 35.4 Å². The molecule has 2 saturated heterocycles. The number of H-pyrrole nitrogens is 1. The first kappa shape index (κ1) is 15.0. The van der Waals surface area contributed by atoms with Crippen molar-refractivity contribution in [3.8, 4) is 0 Å². The third-order valence-electron chi connectivity index (χ3n) is 4.69. The van der Waals surface area contributed by atoms with Gasteiger partial charge in [0.25, 0.3) is 0 Å². The average molecular weight is 312 g/mol. The molecule has 0 aliphatic carbocycles. The lowest BCUT2D eigenvalue weighted by molar-refractivity contribution is 0.169. The molecular weight excluding hydrogens is 288 g/mol. The van der Waals surface area contributed by atoms with Crippen molar-refractivity contribution in [1.29, 1.82) is 0 Å². The zero-order chi connectivity index (χ0) is 15.0. The zero-order valence-electron chi connectivity index (χ0n) is 12.8. The van der Waals surface area contributed by atoms with Crippen molar-refractivity contribution in [1.82, 2.24) is 19.4 Å². The predicted octanol–water partition coefficient (Wildman–Crippen LogP) is 1.28. The highest BCUT2D eigenvalue weighted by atomic mass is 32.2. The molecule has 2 fully saturated rings. The number of nitrogens with one attached hydrogen (secondary N) is 1. The molecule has 2 aliphatic rings. The molecule has 6 nitrogen and oxygen atoms in total. The number of aromatic nitrogens is 2. The van der Waals surface area contributed by atoms with Gasteiger partial charge in [-0.15, -0.1) is 0 Å². The highest BCUT2D eigenvalue weighted by Crippen LogP contribution is 2.27. The molecule has 1 aromatic rings. The van der Waals surface area contributed by atoms with Crippen molar-refractivity contribution in [2.45, 2.75) is 50.5 Å². The van der Waals surface area contributed by atoms with Crippen LogP contribution in [0.15, 0.2) is 4.90 Å². The van der Waals surface area contributed by atoms with Gasteiger partial charge in [0.1, 0.15) is 4.90 Å². The van der Waals surface area contributed by atoms with Gasteiger partial charge < -0.3 is 0 Å². The van der Waals surface area contributed by atoms with Crippen molar-refractivity contribution in [2.24, 2.45) is 0 Å². The van der Waals surface area contributed by atoms with Gasteiger partial charge in [0, 0.05) is 19.1 Å². The van der Waals surface area contributed by atoms with Crippen LogP contribution < -0.4 is 0 Å². The minimum Gasteiger partial charge on any atom is -0.299 e. The third-order valence-corrected chi connectivity index (χ3v) is 6.82. The first-order valence-electron chi connectivity index (χ1n) is 7.76. The van der Waals surface area contributed by atoms with Crippen LogP contribution >= 0.6 is 0 Å². The first-order valence-corrected chi connectivity index (χ1v) is 9.20. The van der Waals surface area contributed by atoms with E-state index in [9.17, 15) is 8.42 Å². The number of hydrogen-bond donors (Lipinski definition) is 1. The standard InChI is InChI=1S/C14H24N4O2S/c1-11-14(12(2)16-15-11)21(19,20)18-9-6-13(10-18)17-7-4-3-5-8-17/h13H,3-10H2,1-2H3,(H,15,16). The van der Waals surface area contributed by atoms with Crippen LogP contribution in [0.3, 0.4) is 0 Å². The van der Waals surface area contributed by atoms with Crippen LogP contribution in [-0.2, 0) is 10.0 Å². The van der Waals surface area contributed by atoms with Gasteiger partial charge in [-0.2, -0.15) is 9.40 Å². The number of rotatable bonds is 3. The van der Waals surface area contributed by atoms with E-state index in [-0.39, 0.29) is 0 Å². The molecule has 0 bridgehead atoms. The summed E-state index contributed by atoms with van der Waals surface area (Å²) in [6.45, 7) is 6.98. The Balaban J connectivity index is 1.76. The lowest BCUT2D eigenvalue weighted by Gasteiger charge is -2.32. The molecule has 1 unspecified atom stereocenters. The maximum Gasteiger partial charge on any atom is 0.246 e. The Morgan fingerprint density at radius 2 is 1.86 bits per heavy atom. The van der Waals surface area contributed by atoms with E-state index >= 15 is 0 Å². The largest absolute Gasteiger partial charge is 0.299 e. The molecule has 3 heterocycles. The first-order chi connectivity index (χ1) is 10.00. The summed E-state index contributed by atoms with van der Waals surface area (Å²) in [5.41, 5.74) is 1.20. The Bertz CT molecular complexity index is 585. The number of hydrogen-bond acceptors (Lipinski definition) is 4. The Hall–Kier alpha value is -0.920. The Morgan fingerprint density at radius 3 is 2.48 bits per heavy atom. The van der Waals surface area contributed by atoms with Crippen LogP contribution in [0.1, 0.15) is 37.1 Å². The maximum absolute atomic E-state index is 12.8. The van der Waals surface area contributed by atoms with Gasteiger partial charge in [-0.1, -0.05) is 6.42 Å². The van der Waals surface area contributed by atoms with Gasteiger partial charge in [0.2, 0.25) is 10.0 Å². The number of aromatic amines is 1. The summed E-state index contributed by atoms with van der Waals surface area (Å²) in [6, 6.07) is 0.382. The number of nitrogens with zero attached hydrogens (tertiary/aromatic N) is 3. The second-order valence-corrected chi connectivity index (χ2v) is 8.04. The molecule has 0 radical (unpaired) electrons. The predicted molar refractivity (Wildman–Crippen MR) is 80.6 cm³/mol. The van der Waals surface area contributed by atoms with Crippen molar-refractivity contribution in [3.63, 3.8) is 0 Å². The van der Waals surface area contributed by atoms with Crippen LogP contribution in [0.4, 0.5) is 0 Å². The Morgan fingerprint density at radius 1 is 1.14 bits per heavy atom. The van der Waals surface area contributed by atoms with Crippen LogP contribution in [0, 0.1) is 13.8 Å². The molecule has 1 aromatic heterocycles. The summed E-state index contributed by atoms with van der Waals surface area (Å²) in [4.78, 5) is 2.83. The van der Waals surface area contributed by atoms with Crippen LogP contribution in [0.25, 0.3) is 0 Å². The van der Waals surface area contributed by atoms with Gasteiger partial charge in [0.15, 0.2) is 0 Å². The summed E-state index contributed by atoms with van der Waals surface area (Å²) >= 11 is 0. The smallest absolute Gasteiger partial charge is 0.246 e. The third kappa shape index (κ3) is 2.74. The van der Waals surface area contributed by atoms with Gasteiger partial charge in [0.05, 0.1) is 11.4 Å². The lowest BCUT2D eigenvalue weighted by Crippen LogP contribution is -2.41. The normalized spacial score (nSPS) is 25.5. The molecule has 1 atom stereocenters. The van der Waals surface area contributed by atoms with E-state index in [1.807, 2.05) is 0 Å². The highest BCUT2D eigenvalue weighted by Gasteiger charge is 2.37. The van der Waals surface area contributed by atoms with Crippen LogP contribution in [0.5, 0.6) is 0 Å². The van der Waals surface area contributed by atoms with Crippen molar-refractivity contribution < 1.29 is 8.42 Å². The summed E-state index contributed by atoms with van der Waals surface area (Å²) in [7, 11) is -3.42. The van der Waals surface area contributed by atoms with E-state index < -0.39 is 10.0 Å². The van der Waals surface area contributed by atoms with E-state index in [4.69, 9.17) is 0 Å². The summed E-state index contributed by atoms with van der Waals surface area (Å²) in [5, 5.41) is 6.80. The van der Waals surface area contributed by atoms with E-state index in [0.717, 1.165) is 19.5 Å². The number of aryl methyl sites for hydroxylation is 2. The van der Waals surface area contributed by atoms with Crippen LogP contribution in [-0.4, -0.2) is 60.0 Å². The fourth-order valence-corrected chi connectivity index (χ4v) is 5.38. The lowest BCUT2D eigenvalue weighted by atomic mass is 10.1. The van der Waals surface area contributed by atoms with Gasteiger partial charge in [-0.05, 0) is 46.2 Å². The number of likely N-dealkylation sites (tertiary alicyclic amines) is 1. The molecule has 21 heavy (non-hydrogen) atoms. The molecule has 7 heteroatoms. The van der Waals surface area contributed by atoms with Crippen LogP contribution in [0.2, 0.25) is 0 Å². The van der Waals surface area contributed by atoms with Gasteiger partial charge >= 0.3 is 0 Å². The Kier molecular flexibility index (Phi) is 4.07. The fraction of sp³-hybridized carbons (Fsp3) is 0.786. The molecule has 0 amide bonds. The van der Waals surface area contributed by atoms with E-state index in [1.54, 1.807) is 18.2 Å². The summed E-state index contributed by atoms with van der Waals surface area (Å²) < 4.78 is 27.3. The Labute approximate surface area is 126 Å². The summed E-state index contributed by atoms with van der Waals surface area (Å²) in [6.07, 6.45) is 4.72. The molecular formula is C14H24N4O2S. The SMILES string of the molecule is Cc1n[nH]c(C)c1S(=O)(=O)N1CCC(N2CCCCC2)C1. The van der Waals surface area contributed by atoms with Gasteiger partial charge in [-0.3, -0.25) is 10.00 Å². The number of sulfonamides is 1. The molecule has 3 rings (SSSR count). The molecule has 0 aromatic carbocycles. The van der Waals surface area contributed by atoms with Gasteiger partial charge in [-0.25, -0.2) is 8.42 Å². The maximum atomic E-state index is 12.8. The summed E-state index contributed by atoms with van der Waals surface area (Å²) in [5.74, 6) is 0. The van der Waals surface area contributed by atoms with E-state index in [1.165, 1.54) is 19.3 Å². The van der Waals surface area contributed by atoms with E-state index in [2.05, 4.69) is 15.1 Å². The molecule has 1 N–H and O–H groups in total. The highest BCUT2D eigenvalue weighted by molar-refractivity contribution is 7.89. The second-order valence-electron chi connectivity index (χ2n) is 6.17. The molecule has 2 aliphatic heterocycles. The second kappa shape index (κ2) is 5.70. The topological polar surface area (TPSA) is 69.3 Å². The minimum absolute atomic E-state index is 0.363. The molecule has 0 spiro atoms. The quantitative estimate of drug-likeness (QED) is 0.913. The molecule has 118 valence electrons. The molecule has 0 saturated carbocycles.